The van der Waals surface area contributed by atoms with E-state index < -0.39 is 28.9 Å². The number of hydrogen-bond donors (Lipinski definition) is 2. The van der Waals surface area contributed by atoms with Gasteiger partial charge < -0.3 is 10.3 Å². The summed E-state index contributed by atoms with van der Waals surface area (Å²) in [6.45, 7) is 0. The van der Waals surface area contributed by atoms with Crippen LogP contribution in [0, 0.1) is 0 Å². The molecule has 2 aromatic heterocycles. The predicted octanol–water partition coefficient (Wildman–Crippen LogP) is 2.69. The summed E-state index contributed by atoms with van der Waals surface area (Å²) in [5, 5.41) is 2.25. The van der Waals surface area contributed by atoms with E-state index in [1.54, 1.807) is 0 Å². The minimum atomic E-state index is -4.63. The van der Waals surface area contributed by atoms with Crippen molar-refractivity contribution in [3.63, 3.8) is 0 Å². The highest BCUT2D eigenvalue weighted by molar-refractivity contribution is 6.29. The Morgan fingerprint density at radius 2 is 2.05 bits per heavy atom. The van der Waals surface area contributed by atoms with Crippen LogP contribution in [0.15, 0.2) is 35.4 Å². The van der Waals surface area contributed by atoms with Gasteiger partial charge in [-0.3, -0.25) is 9.59 Å². The van der Waals surface area contributed by atoms with Crippen molar-refractivity contribution >= 4 is 23.2 Å². The molecule has 0 aliphatic rings. The van der Waals surface area contributed by atoms with Crippen molar-refractivity contribution in [1.29, 1.82) is 0 Å². The van der Waals surface area contributed by atoms with E-state index >= 15 is 0 Å². The van der Waals surface area contributed by atoms with Crippen molar-refractivity contribution in [3.05, 3.63) is 57.2 Å². The zero-order valence-corrected chi connectivity index (χ0v) is 10.9. The van der Waals surface area contributed by atoms with Crippen molar-refractivity contribution in [2.45, 2.75) is 6.18 Å². The molecule has 9 heteroatoms. The van der Waals surface area contributed by atoms with Crippen LogP contribution in [0.4, 0.5) is 18.9 Å². The number of carbonyl (C=O) groups is 1. The highest BCUT2D eigenvalue weighted by atomic mass is 35.5. The van der Waals surface area contributed by atoms with Crippen molar-refractivity contribution in [3.8, 4) is 0 Å². The summed E-state index contributed by atoms with van der Waals surface area (Å²) in [7, 11) is 0. The maximum absolute atomic E-state index is 12.5. The van der Waals surface area contributed by atoms with Gasteiger partial charge in [0.25, 0.3) is 11.5 Å². The number of nitrogens with zero attached hydrogens (tertiary/aromatic N) is 1. The third-order valence-corrected chi connectivity index (χ3v) is 2.69. The Bertz CT molecular complexity index is 726. The van der Waals surface area contributed by atoms with Crippen LogP contribution < -0.4 is 10.9 Å². The van der Waals surface area contributed by atoms with E-state index in [2.05, 4.69) is 10.3 Å². The molecule has 0 spiro atoms. The van der Waals surface area contributed by atoms with Crippen LogP contribution in [0.5, 0.6) is 0 Å². The molecule has 0 bridgehead atoms. The van der Waals surface area contributed by atoms with Crippen LogP contribution in [0.25, 0.3) is 0 Å². The van der Waals surface area contributed by atoms with Crippen LogP contribution in [-0.2, 0) is 6.18 Å². The molecule has 21 heavy (non-hydrogen) atoms. The lowest BCUT2D eigenvalue weighted by Gasteiger charge is -2.09. The van der Waals surface area contributed by atoms with Gasteiger partial charge in [-0.05, 0) is 18.2 Å². The van der Waals surface area contributed by atoms with Gasteiger partial charge in [-0.1, -0.05) is 11.6 Å². The predicted molar refractivity (Wildman–Crippen MR) is 69.3 cm³/mol. The molecule has 2 rings (SSSR count). The maximum atomic E-state index is 12.5. The van der Waals surface area contributed by atoms with E-state index in [0.29, 0.717) is 12.3 Å². The number of carbonyl (C=O) groups excluding carboxylic acids is 1. The smallest absolute Gasteiger partial charge is 0.327 e. The van der Waals surface area contributed by atoms with Gasteiger partial charge in [0.05, 0.1) is 11.1 Å². The van der Waals surface area contributed by atoms with Gasteiger partial charge in [0.2, 0.25) is 0 Å². The van der Waals surface area contributed by atoms with E-state index in [0.717, 1.165) is 6.20 Å². The monoisotopic (exact) mass is 317 g/mol. The summed E-state index contributed by atoms with van der Waals surface area (Å²) in [6.07, 6.45) is -2.97. The zero-order valence-electron chi connectivity index (χ0n) is 10.2. The fourth-order valence-corrected chi connectivity index (χ4v) is 1.56. The Balaban J connectivity index is 2.29. The summed E-state index contributed by atoms with van der Waals surface area (Å²) >= 11 is 5.55. The average molecular weight is 318 g/mol. The molecular formula is C12H7ClF3N3O2. The first-order valence-electron chi connectivity index (χ1n) is 5.50. The molecule has 0 aromatic carbocycles. The van der Waals surface area contributed by atoms with Gasteiger partial charge >= 0.3 is 6.18 Å². The lowest BCUT2D eigenvalue weighted by molar-refractivity contribution is -0.137. The lowest BCUT2D eigenvalue weighted by Crippen LogP contribution is -2.21. The van der Waals surface area contributed by atoms with Crippen LogP contribution >= 0.6 is 11.6 Å². The maximum Gasteiger partial charge on any atom is 0.417 e. The zero-order chi connectivity index (χ0) is 15.6. The highest BCUT2D eigenvalue weighted by Crippen LogP contribution is 2.29. The third-order valence-electron chi connectivity index (χ3n) is 2.47. The Hall–Kier alpha value is -2.35. The molecular weight excluding hydrogens is 311 g/mol. The first-order valence-corrected chi connectivity index (χ1v) is 5.88. The first-order chi connectivity index (χ1) is 9.77. The summed E-state index contributed by atoms with van der Waals surface area (Å²) in [5.74, 6) is -0.774. The van der Waals surface area contributed by atoms with Gasteiger partial charge in [-0.15, -0.1) is 0 Å². The summed E-state index contributed by atoms with van der Waals surface area (Å²) in [4.78, 5) is 28.8. The number of aromatic amines is 1. The minimum absolute atomic E-state index is 0.0520. The van der Waals surface area contributed by atoms with E-state index in [9.17, 15) is 22.8 Å². The molecule has 0 saturated heterocycles. The van der Waals surface area contributed by atoms with Crippen LogP contribution in [0.1, 0.15) is 15.9 Å². The van der Waals surface area contributed by atoms with E-state index in [1.807, 2.05) is 4.98 Å². The minimum Gasteiger partial charge on any atom is -0.327 e. The summed E-state index contributed by atoms with van der Waals surface area (Å²) in [6, 6.07) is 3.22. The topological polar surface area (TPSA) is 74.8 Å². The van der Waals surface area contributed by atoms with E-state index in [1.165, 1.54) is 12.1 Å². The van der Waals surface area contributed by atoms with Crippen LogP contribution in [-0.4, -0.2) is 15.9 Å². The largest absolute Gasteiger partial charge is 0.417 e. The SMILES string of the molecule is O=C(Nc1cc(C(F)(F)F)c[nH]c1=O)c1ccc(Cl)nc1. The Morgan fingerprint density at radius 1 is 1.33 bits per heavy atom. The molecule has 2 heterocycles. The number of amides is 1. The van der Waals surface area contributed by atoms with Crippen molar-refractivity contribution in [2.75, 3.05) is 5.32 Å². The molecule has 1 amide bonds. The van der Waals surface area contributed by atoms with Crippen LogP contribution in [0.2, 0.25) is 5.15 Å². The number of nitrogens with one attached hydrogen (secondary N) is 2. The molecule has 0 unspecified atom stereocenters. The fourth-order valence-electron chi connectivity index (χ4n) is 1.44. The standard InChI is InChI=1S/C12H7ClF3N3O2/c13-9-2-1-6(4-17-9)10(20)19-8-3-7(12(14,15)16)5-18-11(8)21/h1-5H,(H,18,21)(H,19,20). The van der Waals surface area contributed by atoms with Crippen molar-refractivity contribution in [2.24, 2.45) is 0 Å². The number of H-pyrrole nitrogens is 1. The van der Waals surface area contributed by atoms with Gasteiger partial charge in [0.1, 0.15) is 10.8 Å². The molecule has 5 nitrogen and oxygen atoms in total. The Kier molecular flexibility index (Phi) is 3.99. The normalized spacial score (nSPS) is 11.2. The fraction of sp³-hybridized carbons (Fsp3) is 0.0833. The number of anilines is 1. The van der Waals surface area contributed by atoms with E-state index in [4.69, 9.17) is 11.6 Å². The number of rotatable bonds is 2. The molecule has 0 atom stereocenters. The van der Waals surface area contributed by atoms with Gasteiger partial charge in [-0.2, -0.15) is 13.2 Å². The molecule has 0 aliphatic carbocycles. The summed E-state index contributed by atoms with van der Waals surface area (Å²) < 4.78 is 37.6. The Labute approximate surface area is 120 Å². The molecule has 0 radical (unpaired) electrons. The lowest BCUT2D eigenvalue weighted by atomic mass is 10.2. The highest BCUT2D eigenvalue weighted by Gasteiger charge is 2.31. The summed E-state index contributed by atoms with van der Waals surface area (Å²) in [5.41, 5.74) is -2.38. The van der Waals surface area contributed by atoms with Crippen molar-refractivity contribution in [1.82, 2.24) is 9.97 Å². The second-order valence-electron chi connectivity index (χ2n) is 3.95. The molecule has 2 N–H and O–H groups in total. The van der Waals surface area contributed by atoms with Gasteiger partial charge in [0, 0.05) is 12.4 Å². The third kappa shape index (κ3) is 3.60. The van der Waals surface area contributed by atoms with E-state index in [-0.39, 0.29) is 10.7 Å². The number of alkyl halides is 3. The average Bonchev–Trinajstić information content (AvgIpc) is 2.40. The Morgan fingerprint density at radius 3 is 2.62 bits per heavy atom. The quantitative estimate of drug-likeness (QED) is 0.836. The van der Waals surface area contributed by atoms with Crippen molar-refractivity contribution < 1.29 is 18.0 Å². The molecule has 0 fully saturated rings. The number of aromatic nitrogens is 2. The van der Waals surface area contributed by atoms with Gasteiger partial charge in [0.15, 0.2) is 0 Å². The first kappa shape index (κ1) is 15.0. The number of hydrogen-bond acceptors (Lipinski definition) is 3. The second-order valence-corrected chi connectivity index (χ2v) is 4.34. The van der Waals surface area contributed by atoms with Crippen LogP contribution in [0.3, 0.4) is 0 Å². The molecule has 0 saturated carbocycles. The molecule has 0 aliphatic heterocycles. The van der Waals surface area contributed by atoms with Gasteiger partial charge in [-0.25, -0.2) is 4.98 Å². The number of halogens is 4. The second kappa shape index (κ2) is 5.57. The number of pyridine rings is 2. The molecule has 110 valence electrons. The molecule has 2 aromatic rings.